The SMILES string of the molecule is CCNc1cc(C(=O)NCC2CCCCS2)cc(CC)n1. The largest absolute Gasteiger partial charge is 0.370 e. The van der Waals surface area contributed by atoms with Crippen LogP contribution >= 0.6 is 11.8 Å². The van der Waals surface area contributed by atoms with Crippen LogP contribution in [0.4, 0.5) is 5.82 Å². The number of pyridine rings is 1. The third-order valence-electron chi connectivity index (χ3n) is 3.62. The Morgan fingerprint density at radius 1 is 1.38 bits per heavy atom. The highest BCUT2D eigenvalue weighted by Gasteiger charge is 2.16. The van der Waals surface area contributed by atoms with Gasteiger partial charge >= 0.3 is 0 Å². The molecule has 1 aliphatic rings. The van der Waals surface area contributed by atoms with Gasteiger partial charge in [-0.2, -0.15) is 11.8 Å². The van der Waals surface area contributed by atoms with Crippen LogP contribution in [0.15, 0.2) is 12.1 Å². The standard InChI is InChI=1S/C16H25N3OS/c1-3-13-9-12(10-15(19-13)17-4-2)16(20)18-11-14-7-5-6-8-21-14/h9-10,14H,3-8,11H2,1-2H3,(H,17,19)(H,18,20). The van der Waals surface area contributed by atoms with Gasteiger partial charge < -0.3 is 10.6 Å². The Hall–Kier alpha value is -1.23. The van der Waals surface area contributed by atoms with Crippen molar-refractivity contribution in [1.29, 1.82) is 0 Å². The molecule has 0 aromatic carbocycles. The summed E-state index contributed by atoms with van der Waals surface area (Å²) in [5.74, 6) is 2.02. The van der Waals surface area contributed by atoms with E-state index in [1.165, 1.54) is 25.0 Å². The fourth-order valence-corrected chi connectivity index (χ4v) is 3.69. The van der Waals surface area contributed by atoms with Crippen LogP contribution < -0.4 is 10.6 Å². The van der Waals surface area contributed by atoms with Gasteiger partial charge in [-0.25, -0.2) is 4.98 Å². The third kappa shape index (κ3) is 4.92. The van der Waals surface area contributed by atoms with Gasteiger partial charge in [-0.1, -0.05) is 13.3 Å². The normalized spacial score (nSPS) is 18.3. The molecular weight excluding hydrogens is 282 g/mol. The first-order valence-electron chi connectivity index (χ1n) is 7.87. The Balaban J connectivity index is 1.98. The molecule has 2 N–H and O–H groups in total. The van der Waals surface area contributed by atoms with Crippen LogP contribution in [0.3, 0.4) is 0 Å². The van der Waals surface area contributed by atoms with Crippen LogP contribution in [0.1, 0.15) is 49.2 Å². The summed E-state index contributed by atoms with van der Waals surface area (Å²) in [6, 6.07) is 3.73. The number of carbonyl (C=O) groups is 1. The molecule has 1 unspecified atom stereocenters. The average molecular weight is 307 g/mol. The summed E-state index contributed by atoms with van der Waals surface area (Å²) in [4.78, 5) is 16.8. The minimum Gasteiger partial charge on any atom is -0.370 e. The molecule has 0 aliphatic carbocycles. The molecule has 1 aliphatic heterocycles. The predicted octanol–water partition coefficient (Wildman–Crippen LogP) is 3.09. The molecule has 0 radical (unpaired) electrons. The Morgan fingerprint density at radius 2 is 2.24 bits per heavy atom. The van der Waals surface area contributed by atoms with Gasteiger partial charge in [0, 0.05) is 29.6 Å². The number of nitrogens with one attached hydrogen (secondary N) is 2. The van der Waals surface area contributed by atoms with Crippen LogP contribution in [0, 0.1) is 0 Å². The van der Waals surface area contributed by atoms with Gasteiger partial charge in [0.1, 0.15) is 5.82 Å². The minimum atomic E-state index is 0.0115. The quantitative estimate of drug-likeness (QED) is 0.848. The lowest BCUT2D eigenvalue weighted by atomic mass is 10.1. The Kier molecular flexibility index (Phi) is 6.36. The number of carbonyl (C=O) groups excluding carboxylic acids is 1. The zero-order valence-electron chi connectivity index (χ0n) is 12.9. The molecule has 21 heavy (non-hydrogen) atoms. The highest BCUT2D eigenvalue weighted by atomic mass is 32.2. The third-order valence-corrected chi connectivity index (χ3v) is 5.02. The van der Waals surface area contributed by atoms with Gasteiger partial charge in [0.15, 0.2) is 0 Å². The molecule has 4 nitrogen and oxygen atoms in total. The van der Waals surface area contributed by atoms with Crippen molar-refractivity contribution in [2.45, 2.75) is 44.8 Å². The summed E-state index contributed by atoms with van der Waals surface area (Å²) in [5.41, 5.74) is 1.66. The fraction of sp³-hybridized carbons (Fsp3) is 0.625. The molecule has 2 rings (SSSR count). The lowest BCUT2D eigenvalue weighted by molar-refractivity contribution is 0.0953. The molecule has 0 saturated carbocycles. The summed E-state index contributed by atoms with van der Waals surface area (Å²) < 4.78 is 0. The van der Waals surface area contributed by atoms with Gasteiger partial charge in [-0.15, -0.1) is 0 Å². The Morgan fingerprint density at radius 3 is 2.90 bits per heavy atom. The van der Waals surface area contributed by atoms with Crippen LogP contribution in [0.2, 0.25) is 0 Å². The molecule has 1 amide bonds. The van der Waals surface area contributed by atoms with Gasteiger partial charge in [0.05, 0.1) is 0 Å². The molecular formula is C16H25N3OS. The second-order valence-electron chi connectivity index (χ2n) is 5.31. The summed E-state index contributed by atoms with van der Waals surface area (Å²) in [6.07, 6.45) is 4.64. The maximum absolute atomic E-state index is 12.3. The van der Waals surface area contributed by atoms with E-state index in [0.717, 1.165) is 31.0 Å². The smallest absolute Gasteiger partial charge is 0.251 e. The number of aryl methyl sites for hydroxylation is 1. The molecule has 1 aromatic rings. The van der Waals surface area contributed by atoms with Crippen molar-refractivity contribution in [3.05, 3.63) is 23.4 Å². The second kappa shape index (κ2) is 8.27. The van der Waals surface area contributed by atoms with Crippen molar-refractivity contribution in [3.8, 4) is 0 Å². The van der Waals surface area contributed by atoms with Crippen LogP contribution in [-0.4, -0.2) is 35.0 Å². The monoisotopic (exact) mass is 307 g/mol. The van der Waals surface area contributed by atoms with E-state index in [4.69, 9.17) is 0 Å². The maximum atomic E-state index is 12.3. The van der Waals surface area contributed by atoms with E-state index in [2.05, 4.69) is 22.5 Å². The number of amides is 1. The van der Waals surface area contributed by atoms with Crippen molar-refractivity contribution in [2.75, 3.05) is 24.2 Å². The number of anilines is 1. The zero-order valence-corrected chi connectivity index (χ0v) is 13.8. The average Bonchev–Trinajstić information content (AvgIpc) is 2.53. The van der Waals surface area contributed by atoms with E-state index in [-0.39, 0.29) is 5.91 Å². The Labute approximate surface area is 131 Å². The topological polar surface area (TPSA) is 54.0 Å². The van der Waals surface area contributed by atoms with E-state index < -0.39 is 0 Å². The summed E-state index contributed by atoms with van der Waals surface area (Å²) >= 11 is 1.98. The first-order chi connectivity index (χ1) is 10.2. The van der Waals surface area contributed by atoms with Gasteiger partial charge in [0.25, 0.3) is 5.91 Å². The maximum Gasteiger partial charge on any atom is 0.251 e. The molecule has 5 heteroatoms. The highest BCUT2D eigenvalue weighted by molar-refractivity contribution is 7.99. The van der Waals surface area contributed by atoms with Crippen LogP contribution in [0.25, 0.3) is 0 Å². The molecule has 1 saturated heterocycles. The first-order valence-corrected chi connectivity index (χ1v) is 8.92. The first kappa shape index (κ1) is 16.1. The fourth-order valence-electron chi connectivity index (χ4n) is 2.45. The molecule has 0 spiro atoms. The molecule has 1 fully saturated rings. The van der Waals surface area contributed by atoms with Gasteiger partial charge in [-0.3, -0.25) is 4.79 Å². The minimum absolute atomic E-state index is 0.0115. The van der Waals surface area contributed by atoms with Crippen molar-refractivity contribution in [2.24, 2.45) is 0 Å². The molecule has 1 aromatic heterocycles. The summed E-state index contributed by atoms with van der Waals surface area (Å²) in [5, 5.41) is 6.83. The van der Waals surface area contributed by atoms with Crippen molar-refractivity contribution >= 4 is 23.5 Å². The van der Waals surface area contributed by atoms with Crippen molar-refractivity contribution in [1.82, 2.24) is 10.3 Å². The van der Waals surface area contributed by atoms with E-state index in [1.807, 2.05) is 30.8 Å². The lowest BCUT2D eigenvalue weighted by Gasteiger charge is -2.21. The van der Waals surface area contributed by atoms with E-state index in [9.17, 15) is 4.79 Å². The molecule has 0 bridgehead atoms. The number of nitrogens with zero attached hydrogens (tertiary/aromatic N) is 1. The van der Waals surface area contributed by atoms with E-state index in [0.29, 0.717) is 10.8 Å². The number of hydrogen-bond acceptors (Lipinski definition) is 4. The summed E-state index contributed by atoms with van der Waals surface area (Å²) in [7, 11) is 0. The van der Waals surface area contributed by atoms with Crippen molar-refractivity contribution in [3.63, 3.8) is 0 Å². The highest BCUT2D eigenvalue weighted by Crippen LogP contribution is 2.24. The van der Waals surface area contributed by atoms with Gasteiger partial charge in [-0.05, 0) is 44.1 Å². The molecule has 1 atom stereocenters. The van der Waals surface area contributed by atoms with Gasteiger partial charge in [0.2, 0.25) is 0 Å². The number of aromatic nitrogens is 1. The number of hydrogen-bond donors (Lipinski definition) is 2. The number of rotatable bonds is 6. The Bertz CT molecular complexity index is 473. The lowest BCUT2D eigenvalue weighted by Crippen LogP contribution is -2.32. The second-order valence-corrected chi connectivity index (χ2v) is 6.72. The number of thioether (sulfide) groups is 1. The van der Waals surface area contributed by atoms with Crippen molar-refractivity contribution < 1.29 is 4.79 Å². The predicted molar refractivity (Wildman–Crippen MR) is 90.2 cm³/mol. The molecule has 116 valence electrons. The van der Waals surface area contributed by atoms with Crippen LogP contribution in [-0.2, 0) is 6.42 Å². The zero-order chi connectivity index (χ0) is 15.1. The van der Waals surface area contributed by atoms with E-state index >= 15 is 0 Å². The van der Waals surface area contributed by atoms with Crippen LogP contribution in [0.5, 0.6) is 0 Å². The summed E-state index contributed by atoms with van der Waals surface area (Å²) in [6.45, 7) is 5.66. The van der Waals surface area contributed by atoms with E-state index in [1.54, 1.807) is 0 Å². The molecule has 2 heterocycles.